The van der Waals surface area contributed by atoms with Crippen molar-refractivity contribution in [1.29, 1.82) is 0 Å². The number of carbonyl (C=O) groups is 1. The molecule has 3 nitrogen and oxygen atoms in total. The summed E-state index contributed by atoms with van der Waals surface area (Å²) in [6.07, 6.45) is 9.77. The van der Waals surface area contributed by atoms with Crippen LogP contribution in [-0.4, -0.2) is 23.5 Å². The molecule has 2 aliphatic rings. The van der Waals surface area contributed by atoms with Crippen LogP contribution >= 0.6 is 0 Å². The van der Waals surface area contributed by atoms with Gasteiger partial charge in [0, 0.05) is 17.8 Å². The van der Waals surface area contributed by atoms with Crippen molar-refractivity contribution in [2.24, 2.45) is 0 Å². The number of aliphatic hydroxyl groups excluding tert-OH is 1. The first-order valence-electron chi connectivity index (χ1n) is 6.62. The maximum Gasteiger partial charge on any atom is 0.149 e. The molecular weight excluding hydrogens is 238 g/mol. The van der Waals surface area contributed by atoms with Gasteiger partial charge in [0.15, 0.2) is 0 Å². The standard InChI is InChI=1S/C16H17NO2/c18-12-16(9-4-1-5-10-16)17-11-8-15(19)13-6-2-3-7-14(13)17/h1-7,9,12,15,19H,8,10-11H2. The third-order valence-electron chi connectivity index (χ3n) is 4.00. The predicted molar refractivity (Wildman–Crippen MR) is 75.1 cm³/mol. The molecule has 98 valence electrons. The predicted octanol–water partition coefficient (Wildman–Crippen LogP) is 2.38. The number of para-hydroxylation sites is 1. The Morgan fingerprint density at radius 1 is 1.32 bits per heavy atom. The van der Waals surface area contributed by atoms with Gasteiger partial charge in [0.25, 0.3) is 0 Å². The Balaban J connectivity index is 2.07. The van der Waals surface area contributed by atoms with Crippen molar-refractivity contribution < 1.29 is 9.90 Å². The van der Waals surface area contributed by atoms with E-state index in [0.29, 0.717) is 19.4 Å². The number of allylic oxidation sites excluding steroid dienone is 2. The fourth-order valence-corrected chi connectivity index (χ4v) is 2.95. The molecule has 1 aliphatic carbocycles. The molecule has 3 rings (SSSR count). The fourth-order valence-electron chi connectivity index (χ4n) is 2.95. The SMILES string of the molecule is O=CC1(N2CCC(O)c3ccccc32)C=CC=CC1. The van der Waals surface area contributed by atoms with Crippen LogP contribution in [0.25, 0.3) is 0 Å². The lowest BCUT2D eigenvalue weighted by Gasteiger charge is -2.44. The van der Waals surface area contributed by atoms with Crippen molar-refractivity contribution in [3.05, 3.63) is 54.1 Å². The van der Waals surface area contributed by atoms with Crippen LogP contribution in [0.5, 0.6) is 0 Å². The second-order valence-corrected chi connectivity index (χ2v) is 5.12. The van der Waals surface area contributed by atoms with Gasteiger partial charge in [0.05, 0.1) is 6.10 Å². The van der Waals surface area contributed by atoms with Crippen molar-refractivity contribution in [1.82, 2.24) is 0 Å². The average molecular weight is 255 g/mol. The van der Waals surface area contributed by atoms with E-state index in [1.165, 1.54) is 0 Å². The molecule has 0 fully saturated rings. The molecule has 0 spiro atoms. The zero-order valence-corrected chi connectivity index (χ0v) is 10.7. The fraction of sp³-hybridized carbons (Fsp3) is 0.312. The highest BCUT2D eigenvalue weighted by atomic mass is 16.3. The molecule has 1 N–H and O–H groups in total. The molecule has 1 heterocycles. The Morgan fingerprint density at radius 2 is 2.16 bits per heavy atom. The van der Waals surface area contributed by atoms with Crippen molar-refractivity contribution in [3.8, 4) is 0 Å². The van der Waals surface area contributed by atoms with Crippen molar-refractivity contribution in [3.63, 3.8) is 0 Å². The molecule has 0 saturated heterocycles. The van der Waals surface area contributed by atoms with E-state index in [-0.39, 0.29) is 0 Å². The quantitative estimate of drug-likeness (QED) is 0.825. The summed E-state index contributed by atoms with van der Waals surface area (Å²) in [6, 6.07) is 7.79. The first-order chi connectivity index (χ1) is 9.27. The Hall–Kier alpha value is -1.87. The number of benzene rings is 1. The van der Waals surface area contributed by atoms with E-state index in [1.54, 1.807) is 0 Å². The topological polar surface area (TPSA) is 40.5 Å². The van der Waals surface area contributed by atoms with Crippen LogP contribution in [0.2, 0.25) is 0 Å². The normalized spacial score (nSPS) is 29.1. The minimum Gasteiger partial charge on any atom is -0.388 e. The molecule has 19 heavy (non-hydrogen) atoms. The monoisotopic (exact) mass is 255 g/mol. The van der Waals surface area contributed by atoms with E-state index in [9.17, 15) is 9.90 Å². The number of aliphatic hydroxyl groups is 1. The maximum absolute atomic E-state index is 11.7. The van der Waals surface area contributed by atoms with Gasteiger partial charge in [-0.1, -0.05) is 42.5 Å². The molecule has 0 radical (unpaired) electrons. The van der Waals surface area contributed by atoms with Crippen LogP contribution in [0.1, 0.15) is 24.5 Å². The van der Waals surface area contributed by atoms with E-state index >= 15 is 0 Å². The number of rotatable bonds is 2. The maximum atomic E-state index is 11.7. The van der Waals surface area contributed by atoms with Crippen LogP contribution < -0.4 is 4.90 Å². The van der Waals surface area contributed by atoms with E-state index in [4.69, 9.17) is 0 Å². The molecule has 2 unspecified atom stereocenters. The lowest BCUT2D eigenvalue weighted by atomic mass is 9.86. The van der Waals surface area contributed by atoms with Gasteiger partial charge in [0.1, 0.15) is 11.8 Å². The van der Waals surface area contributed by atoms with Crippen LogP contribution in [0.15, 0.2) is 48.6 Å². The van der Waals surface area contributed by atoms with Crippen LogP contribution in [-0.2, 0) is 4.79 Å². The second kappa shape index (κ2) is 4.67. The number of carbonyl (C=O) groups excluding carboxylic acids is 1. The van der Waals surface area contributed by atoms with Gasteiger partial charge < -0.3 is 14.8 Å². The lowest BCUT2D eigenvalue weighted by molar-refractivity contribution is -0.111. The van der Waals surface area contributed by atoms with Crippen molar-refractivity contribution in [2.45, 2.75) is 24.5 Å². The smallest absolute Gasteiger partial charge is 0.149 e. The Bertz CT molecular complexity index is 549. The van der Waals surface area contributed by atoms with Gasteiger partial charge in [-0.15, -0.1) is 0 Å². The molecule has 3 heteroatoms. The van der Waals surface area contributed by atoms with Gasteiger partial charge in [-0.25, -0.2) is 0 Å². The molecule has 1 aliphatic heterocycles. The molecule has 0 saturated carbocycles. The van der Waals surface area contributed by atoms with E-state index in [2.05, 4.69) is 4.90 Å². The number of aldehydes is 1. The van der Waals surface area contributed by atoms with Gasteiger partial charge in [-0.3, -0.25) is 0 Å². The molecule has 0 aromatic heterocycles. The number of hydrogen-bond donors (Lipinski definition) is 1. The van der Waals surface area contributed by atoms with E-state index < -0.39 is 11.6 Å². The number of fused-ring (bicyclic) bond motifs is 1. The highest BCUT2D eigenvalue weighted by molar-refractivity contribution is 5.78. The highest BCUT2D eigenvalue weighted by Crippen LogP contribution is 2.39. The number of anilines is 1. The molecule has 1 aromatic rings. The highest BCUT2D eigenvalue weighted by Gasteiger charge is 2.38. The Kier molecular flexibility index (Phi) is 2.99. The third-order valence-corrected chi connectivity index (χ3v) is 4.00. The molecular formula is C16H17NO2. The summed E-state index contributed by atoms with van der Waals surface area (Å²) >= 11 is 0. The lowest BCUT2D eigenvalue weighted by Crippen LogP contribution is -2.51. The summed E-state index contributed by atoms with van der Waals surface area (Å²) in [7, 11) is 0. The largest absolute Gasteiger partial charge is 0.388 e. The summed E-state index contributed by atoms with van der Waals surface area (Å²) in [5.41, 5.74) is 1.27. The van der Waals surface area contributed by atoms with Gasteiger partial charge in [-0.05, 0) is 18.9 Å². The minimum atomic E-state index is -0.606. The van der Waals surface area contributed by atoms with Crippen LogP contribution in [0.4, 0.5) is 5.69 Å². The second-order valence-electron chi connectivity index (χ2n) is 5.12. The molecule has 2 atom stereocenters. The summed E-state index contributed by atoms with van der Waals surface area (Å²) in [5, 5.41) is 10.1. The zero-order valence-electron chi connectivity index (χ0n) is 10.7. The van der Waals surface area contributed by atoms with Gasteiger partial charge >= 0.3 is 0 Å². The average Bonchev–Trinajstić information content (AvgIpc) is 2.48. The molecule has 0 amide bonds. The van der Waals surface area contributed by atoms with Crippen molar-refractivity contribution >= 4 is 12.0 Å². The first kappa shape index (κ1) is 12.2. The summed E-state index contributed by atoms with van der Waals surface area (Å²) in [4.78, 5) is 13.8. The molecule has 1 aromatic carbocycles. The Labute approximate surface area is 112 Å². The van der Waals surface area contributed by atoms with E-state index in [1.807, 2.05) is 48.6 Å². The van der Waals surface area contributed by atoms with Gasteiger partial charge in [0.2, 0.25) is 0 Å². The first-order valence-corrected chi connectivity index (χ1v) is 6.62. The van der Waals surface area contributed by atoms with Crippen LogP contribution in [0.3, 0.4) is 0 Å². The van der Waals surface area contributed by atoms with Crippen LogP contribution in [0, 0.1) is 0 Å². The summed E-state index contributed by atoms with van der Waals surface area (Å²) in [5.74, 6) is 0. The van der Waals surface area contributed by atoms with Crippen molar-refractivity contribution in [2.75, 3.05) is 11.4 Å². The minimum absolute atomic E-state index is 0.431. The molecule has 0 bridgehead atoms. The summed E-state index contributed by atoms with van der Waals surface area (Å²) < 4.78 is 0. The number of hydrogen-bond acceptors (Lipinski definition) is 3. The zero-order chi connectivity index (χ0) is 13.3. The summed E-state index contributed by atoms with van der Waals surface area (Å²) in [6.45, 7) is 0.690. The van der Waals surface area contributed by atoms with E-state index in [0.717, 1.165) is 17.5 Å². The third kappa shape index (κ3) is 1.90. The Morgan fingerprint density at radius 3 is 2.89 bits per heavy atom. The number of nitrogens with zero attached hydrogens (tertiary/aromatic N) is 1. The van der Waals surface area contributed by atoms with Gasteiger partial charge in [-0.2, -0.15) is 0 Å².